The average molecular weight is 174 g/mol. The minimum absolute atomic E-state index is 0.584. The molecular weight excluding hydrogens is 164 g/mol. The van der Waals surface area contributed by atoms with Crippen LogP contribution in [0.15, 0.2) is 18.6 Å². The molecule has 1 aliphatic carbocycles. The van der Waals surface area contributed by atoms with Crippen molar-refractivity contribution < 1.29 is 0 Å². The third-order valence-electron chi connectivity index (χ3n) is 2.45. The first-order valence-corrected chi connectivity index (χ1v) is 4.43. The largest absolute Gasteiger partial charge is 0.397 e. The number of nitrogens with two attached hydrogens (primary N) is 1. The summed E-state index contributed by atoms with van der Waals surface area (Å²) in [7, 11) is 0. The van der Waals surface area contributed by atoms with Gasteiger partial charge in [0, 0.05) is 5.39 Å². The summed E-state index contributed by atoms with van der Waals surface area (Å²) in [4.78, 5) is 4.07. The molecule has 2 N–H and O–H groups in total. The standard InChI is InChI=1S/C9H10N4/c10-8-4-11-5-9-7(8)3-12-13(9)6-1-2-6/h3-6H,1-2,10H2. The van der Waals surface area contributed by atoms with Gasteiger partial charge in [-0.05, 0) is 12.8 Å². The van der Waals surface area contributed by atoms with Crippen molar-refractivity contribution in [3.05, 3.63) is 18.6 Å². The first-order valence-electron chi connectivity index (χ1n) is 4.43. The van der Waals surface area contributed by atoms with Gasteiger partial charge in [0.25, 0.3) is 0 Å². The zero-order valence-electron chi connectivity index (χ0n) is 7.14. The molecule has 0 aromatic carbocycles. The maximum absolute atomic E-state index is 5.77. The van der Waals surface area contributed by atoms with Crippen molar-refractivity contribution in [2.24, 2.45) is 0 Å². The van der Waals surface area contributed by atoms with Gasteiger partial charge in [0.05, 0.1) is 35.8 Å². The number of nitrogen functional groups attached to an aromatic ring is 1. The van der Waals surface area contributed by atoms with Gasteiger partial charge >= 0.3 is 0 Å². The van der Waals surface area contributed by atoms with E-state index in [1.54, 1.807) is 6.20 Å². The molecule has 0 spiro atoms. The molecule has 0 bridgehead atoms. The van der Waals surface area contributed by atoms with Gasteiger partial charge in [-0.15, -0.1) is 0 Å². The normalized spacial score (nSPS) is 16.6. The summed E-state index contributed by atoms with van der Waals surface area (Å²) < 4.78 is 2.03. The van der Waals surface area contributed by atoms with Crippen LogP contribution in [-0.4, -0.2) is 14.8 Å². The molecule has 0 atom stereocenters. The highest BCUT2D eigenvalue weighted by Gasteiger charge is 2.25. The predicted molar refractivity (Wildman–Crippen MR) is 50.2 cm³/mol. The van der Waals surface area contributed by atoms with E-state index >= 15 is 0 Å². The van der Waals surface area contributed by atoms with Crippen LogP contribution in [0, 0.1) is 0 Å². The summed E-state index contributed by atoms with van der Waals surface area (Å²) >= 11 is 0. The second-order valence-electron chi connectivity index (χ2n) is 3.48. The lowest BCUT2D eigenvalue weighted by atomic mass is 10.3. The van der Waals surface area contributed by atoms with Gasteiger partial charge in [0.1, 0.15) is 0 Å². The third-order valence-corrected chi connectivity index (χ3v) is 2.45. The van der Waals surface area contributed by atoms with Crippen LogP contribution in [0.4, 0.5) is 5.69 Å². The van der Waals surface area contributed by atoms with Crippen LogP contribution in [-0.2, 0) is 0 Å². The summed E-state index contributed by atoms with van der Waals surface area (Å²) in [5, 5.41) is 5.33. The Morgan fingerprint density at radius 3 is 2.92 bits per heavy atom. The number of nitrogens with zero attached hydrogens (tertiary/aromatic N) is 3. The Kier molecular flexibility index (Phi) is 1.17. The highest BCUT2D eigenvalue weighted by Crippen LogP contribution is 2.36. The Bertz CT molecular complexity index is 456. The average Bonchev–Trinajstić information content (AvgIpc) is 2.87. The molecule has 13 heavy (non-hydrogen) atoms. The number of hydrogen-bond acceptors (Lipinski definition) is 3. The molecule has 1 fully saturated rings. The van der Waals surface area contributed by atoms with Gasteiger partial charge in [0.2, 0.25) is 0 Å². The van der Waals surface area contributed by atoms with Crippen molar-refractivity contribution in [1.82, 2.24) is 14.8 Å². The van der Waals surface area contributed by atoms with E-state index in [2.05, 4.69) is 10.1 Å². The second-order valence-corrected chi connectivity index (χ2v) is 3.48. The lowest BCUT2D eigenvalue weighted by Gasteiger charge is -1.99. The molecule has 0 radical (unpaired) electrons. The van der Waals surface area contributed by atoms with Crippen LogP contribution in [0.3, 0.4) is 0 Å². The quantitative estimate of drug-likeness (QED) is 0.709. The molecule has 2 aromatic rings. The number of aromatic nitrogens is 3. The maximum atomic E-state index is 5.77. The molecule has 1 saturated carbocycles. The van der Waals surface area contributed by atoms with E-state index in [0.717, 1.165) is 10.9 Å². The first kappa shape index (κ1) is 6.88. The van der Waals surface area contributed by atoms with E-state index in [4.69, 9.17) is 5.73 Å². The fourth-order valence-corrected chi connectivity index (χ4v) is 1.59. The lowest BCUT2D eigenvalue weighted by Crippen LogP contribution is -1.96. The number of fused-ring (bicyclic) bond motifs is 1. The Hall–Kier alpha value is -1.58. The molecule has 3 rings (SSSR count). The molecule has 2 aromatic heterocycles. The highest BCUT2D eigenvalue weighted by molar-refractivity contribution is 5.89. The molecule has 0 saturated heterocycles. The minimum atomic E-state index is 0.584. The third kappa shape index (κ3) is 0.915. The molecule has 4 heteroatoms. The second kappa shape index (κ2) is 2.22. The molecule has 4 nitrogen and oxygen atoms in total. The summed E-state index contributed by atoms with van der Waals surface area (Å²) in [5.74, 6) is 0. The minimum Gasteiger partial charge on any atom is -0.397 e. The number of rotatable bonds is 1. The predicted octanol–water partition coefficient (Wildman–Crippen LogP) is 1.35. The topological polar surface area (TPSA) is 56.7 Å². The van der Waals surface area contributed by atoms with E-state index in [-0.39, 0.29) is 0 Å². The zero-order valence-corrected chi connectivity index (χ0v) is 7.14. The van der Waals surface area contributed by atoms with Gasteiger partial charge in [-0.25, -0.2) is 0 Å². The van der Waals surface area contributed by atoms with E-state index in [9.17, 15) is 0 Å². The summed E-state index contributed by atoms with van der Waals surface area (Å²) in [6.45, 7) is 0. The van der Waals surface area contributed by atoms with Crippen molar-refractivity contribution >= 4 is 16.6 Å². The van der Waals surface area contributed by atoms with Crippen molar-refractivity contribution in [2.45, 2.75) is 18.9 Å². The van der Waals surface area contributed by atoms with E-state index in [0.29, 0.717) is 11.7 Å². The summed E-state index contributed by atoms with van der Waals surface area (Å²) in [6, 6.07) is 0.584. The smallest absolute Gasteiger partial charge is 0.0889 e. The Morgan fingerprint density at radius 1 is 1.31 bits per heavy atom. The van der Waals surface area contributed by atoms with Crippen molar-refractivity contribution in [2.75, 3.05) is 5.73 Å². The Balaban J connectivity index is 2.32. The molecule has 0 unspecified atom stereocenters. The van der Waals surface area contributed by atoms with Gasteiger partial charge in [-0.2, -0.15) is 5.10 Å². The molecule has 2 heterocycles. The van der Waals surface area contributed by atoms with Crippen LogP contribution >= 0.6 is 0 Å². The fourth-order valence-electron chi connectivity index (χ4n) is 1.59. The Morgan fingerprint density at radius 2 is 2.15 bits per heavy atom. The van der Waals surface area contributed by atoms with Gasteiger partial charge < -0.3 is 5.73 Å². The van der Waals surface area contributed by atoms with E-state index < -0.39 is 0 Å². The first-order chi connectivity index (χ1) is 6.36. The summed E-state index contributed by atoms with van der Waals surface area (Å²) in [5.41, 5.74) is 7.54. The maximum Gasteiger partial charge on any atom is 0.0889 e. The monoisotopic (exact) mass is 174 g/mol. The van der Waals surface area contributed by atoms with Gasteiger partial charge in [0.15, 0.2) is 0 Å². The van der Waals surface area contributed by atoms with Crippen molar-refractivity contribution in [1.29, 1.82) is 0 Å². The van der Waals surface area contributed by atoms with Gasteiger partial charge in [-0.3, -0.25) is 9.67 Å². The van der Waals surface area contributed by atoms with Crippen LogP contribution in [0.25, 0.3) is 10.9 Å². The van der Waals surface area contributed by atoms with Crippen molar-refractivity contribution in [3.8, 4) is 0 Å². The SMILES string of the molecule is Nc1cncc2c1cnn2C1CC1. The number of anilines is 1. The van der Waals surface area contributed by atoms with Crippen LogP contribution in [0.2, 0.25) is 0 Å². The lowest BCUT2D eigenvalue weighted by molar-refractivity contribution is 0.664. The van der Waals surface area contributed by atoms with Crippen LogP contribution in [0.5, 0.6) is 0 Å². The molecule has 0 amide bonds. The van der Waals surface area contributed by atoms with Crippen LogP contribution < -0.4 is 5.73 Å². The molecule has 0 aliphatic heterocycles. The zero-order chi connectivity index (χ0) is 8.84. The highest BCUT2D eigenvalue weighted by atomic mass is 15.3. The summed E-state index contributed by atoms with van der Waals surface area (Å²) in [6.07, 6.45) is 7.78. The number of pyridine rings is 1. The van der Waals surface area contributed by atoms with E-state index in [1.165, 1.54) is 12.8 Å². The fraction of sp³-hybridized carbons (Fsp3) is 0.333. The Labute approximate surface area is 75.4 Å². The molecular formula is C9H10N4. The molecule has 66 valence electrons. The van der Waals surface area contributed by atoms with Crippen LogP contribution in [0.1, 0.15) is 18.9 Å². The van der Waals surface area contributed by atoms with Crippen molar-refractivity contribution in [3.63, 3.8) is 0 Å². The molecule has 1 aliphatic rings. The van der Waals surface area contributed by atoms with Gasteiger partial charge in [-0.1, -0.05) is 0 Å². The van der Waals surface area contributed by atoms with E-state index in [1.807, 2.05) is 17.1 Å². The number of hydrogen-bond donors (Lipinski definition) is 1.